The first-order chi connectivity index (χ1) is 7.91. The molecule has 8 heteroatoms. The van der Waals surface area contributed by atoms with Crippen LogP contribution in [0.3, 0.4) is 0 Å². The van der Waals surface area contributed by atoms with Crippen LogP contribution in [0.25, 0.3) is 0 Å². The molecule has 1 aromatic carbocycles. The van der Waals surface area contributed by atoms with Crippen LogP contribution in [0, 0.1) is 10.1 Å². The summed E-state index contributed by atoms with van der Waals surface area (Å²) in [5.74, 6) is -1.30. The second-order valence-corrected chi connectivity index (χ2v) is 5.42. The minimum Gasteiger partial charge on any atom is -0.481 e. The van der Waals surface area contributed by atoms with Crippen LogP contribution in [-0.4, -0.2) is 32.2 Å². The Bertz CT molecular complexity index is 488. The molecule has 0 saturated heterocycles. The average Bonchev–Trinajstić information content (AvgIpc) is 2.25. The molecule has 0 spiro atoms. The third-order valence-corrected chi connectivity index (χ3v) is 3.78. The normalized spacial score (nSPS) is 12.1. The molecule has 0 fully saturated rings. The maximum atomic E-state index is 11.2. The molecule has 0 bridgehead atoms. The SMILES string of the molecule is C[S@@](=O)c1ccc(SCC(=O)O)c([N+](=O)[O-])c1. The summed E-state index contributed by atoms with van der Waals surface area (Å²) in [7, 11) is -1.31. The van der Waals surface area contributed by atoms with E-state index in [-0.39, 0.29) is 16.3 Å². The zero-order valence-corrected chi connectivity index (χ0v) is 10.4. The number of hydrogen-bond donors (Lipinski definition) is 1. The molecule has 1 rings (SSSR count). The van der Waals surface area contributed by atoms with Crippen LogP contribution in [0.2, 0.25) is 0 Å². The van der Waals surface area contributed by atoms with Gasteiger partial charge in [-0.2, -0.15) is 0 Å². The Balaban J connectivity index is 3.08. The topological polar surface area (TPSA) is 97.5 Å². The van der Waals surface area contributed by atoms with E-state index in [4.69, 9.17) is 5.11 Å². The molecule has 1 atom stereocenters. The second-order valence-electron chi connectivity index (χ2n) is 3.02. The van der Waals surface area contributed by atoms with Gasteiger partial charge in [0, 0.05) is 17.2 Å². The molecule has 0 aliphatic rings. The van der Waals surface area contributed by atoms with Gasteiger partial charge in [0.15, 0.2) is 0 Å². The third-order valence-electron chi connectivity index (χ3n) is 1.81. The van der Waals surface area contributed by atoms with E-state index in [1.54, 1.807) is 0 Å². The predicted molar refractivity (Wildman–Crippen MR) is 63.8 cm³/mol. The van der Waals surface area contributed by atoms with Crippen molar-refractivity contribution >= 4 is 34.2 Å². The molecular weight excluding hydrogens is 266 g/mol. The molecular formula is C9H9NO5S2. The molecule has 0 radical (unpaired) electrons. The fourth-order valence-corrected chi connectivity index (χ4v) is 2.34. The maximum Gasteiger partial charge on any atom is 0.313 e. The smallest absolute Gasteiger partial charge is 0.313 e. The van der Waals surface area contributed by atoms with Crippen molar-refractivity contribution in [3.05, 3.63) is 28.3 Å². The van der Waals surface area contributed by atoms with Crippen LogP contribution in [0.15, 0.2) is 28.0 Å². The molecule has 0 aliphatic carbocycles. The van der Waals surface area contributed by atoms with Gasteiger partial charge < -0.3 is 5.11 Å². The number of carbonyl (C=O) groups is 1. The third kappa shape index (κ3) is 3.82. The first kappa shape index (κ1) is 13.7. The standard InChI is InChI=1S/C9H9NO5S2/c1-17(15)6-2-3-8(16-5-9(11)12)7(4-6)10(13)14/h2-4H,5H2,1H3,(H,11,12)/t17-/m1/s1. The van der Waals surface area contributed by atoms with Crippen LogP contribution < -0.4 is 0 Å². The van der Waals surface area contributed by atoms with E-state index in [0.717, 1.165) is 11.8 Å². The van der Waals surface area contributed by atoms with Crippen molar-refractivity contribution < 1.29 is 19.0 Å². The van der Waals surface area contributed by atoms with Gasteiger partial charge >= 0.3 is 5.97 Å². The Morgan fingerprint density at radius 3 is 2.71 bits per heavy atom. The Kier molecular flexibility index (Phi) is 4.64. The van der Waals surface area contributed by atoms with E-state index in [1.165, 1.54) is 24.5 Å². The average molecular weight is 275 g/mol. The summed E-state index contributed by atoms with van der Waals surface area (Å²) in [6.07, 6.45) is 1.42. The van der Waals surface area contributed by atoms with Crippen molar-refractivity contribution in [1.82, 2.24) is 0 Å². The predicted octanol–water partition coefficient (Wildman–Crippen LogP) is 1.51. The minimum absolute atomic E-state index is 0.219. The molecule has 0 amide bonds. The van der Waals surface area contributed by atoms with Gasteiger partial charge in [-0.15, -0.1) is 11.8 Å². The molecule has 92 valence electrons. The van der Waals surface area contributed by atoms with Crippen LogP contribution in [0.1, 0.15) is 0 Å². The quantitative estimate of drug-likeness (QED) is 0.497. The number of aliphatic carboxylic acids is 1. The van der Waals surface area contributed by atoms with Gasteiger partial charge in [-0.25, -0.2) is 0 Å². The zero-order valence-electron chi connectivity index (χ0n) is 8.78. The maximum absolute atomic E-state index is 11.2. The van der Waals surface area contributed by atoms with Crippen molar-refractivity contribution in [3.63, 3.8) is 0 Å². The molecule has 0 aliphatic heterocycles. The number of nitro benzene ring substituents is 1. The number of carboxylic acid groups (broad SMARTS) is 1. The summed E-state index contributed by atoms with van der Waals surface area (Å²) < 4.78 is 11.2. The molecule has 1 aromatic rings. The fraction of sp³-hybridized carbons (Fsp3) is 0.222. The van der Waals surface area contributed by atoms with Gasteiger partial charge in [0.25, 0.3) is 5.69 Å². The summed E-state index contributed by atoms with van der Waals surface area (Å²) >= 11 is 0.864. The molecule has 1 N–H and O–H groups in total. The lowest BCUT2D eigenvalue weighted by Crippen LogP contribution is -2.00. The number of nitrogens with zero attached hydrogens (tertiary/aromatic N) is 1. The first-order valence-electron chi connectivity index (χ1n) is 4.38. The molecule has 0 saturated carbocycles. The molecule has 17 heavy (non-hydrogen) atoms. The highest BCUT2D eigenvalue weighted by Crippen LogP contribution is 2.30. The number of carboxylic acids is 1. The van der Waals surface area contributed by atoms with E-state index in [9.17, 15) is 19.1 Å². The number of nitro groups is 1. The minimum atomic E-state index is -1.31. The number of benzene rings is 1. The number of hydrogen-bond acceptors (Lipinski definition) is 5. The lowest BCUT2D eigenvalue weighted by molar-refractivity contribution is -0.387. The molecule has 6 nitrogen and oxygen atoms in total. The van der Waals surface area contributed by atoms with Crippen molar-refractivity contribution in [1.29, 1.82) is 0 Å². The Morgan fingerprint density at radius 2 is 2.24 bits per heavy atom. The van der Waals surface area contributed by atoms with Crippen molar-refractivity contribution in [2.45, 2.75) is 9.79 Å². The Morgan fingerprint density at radius 1 is 1.59 bits per heavy atom. The van der Waals surface area contributed by atoms with Gasteiger partial charge in [0.1, 0.15) is 0 Å². The monoisotopic (exact) mass is 275 g/mol. The van der Waals surface area contributed by atoms with E-state index in [1.807, 2.05) is 0 Å². The van der Waals surface area contributed by atoms with Crippen LogP contribution in [0.4, 0.5) is 5.69 Å². The zero-order chi connectivity index (χ0) is 13.0. The van der Waals surface area contributed by atoms with Crippen LogP contribution in [0.5, 0.6) is 0 Å². The van der Waals surface area contributed by atoms with Gasteiger partial charge in [-0.1, -0.05) is 0 Å². The highest BCUT2D eigenvalue weighted by molar-refractivity contribution is 8.00. The van der Waals surface area contributed by atoms with E-state index < -0.39 is 21.7 Å². The largest absolute Gasteiger partial charge is 0.481 e. The van der Waals surface area contributed by atoms with Crippen molar-refractivity contribution in [3.8, 4) is 0 Å². The highest BCUT2D eigenvalue weighted by Gasteiger charge is 2.17. The van der Waals surface area contributed by atoms with Crippen LogP contribution >= 0.6 is 11.8 Å². The van der Waals surface area contributed by atoms with Gasteiger partial charge in [0.2, 0.25) is 0 Å². The molecule has 0 aromatic heterocycles. The van der Waals surface area contributed by atoms with Gasteiger partial charge in [0.05, 0.1) is 26.4 Å². The summed E-state index contributed by atoms with van der Waals surface area (Å²) in [5.41, 5.74) is -0.219. The highest BCUT2D eigenvalue weighted by atomic mass is 32.2. The van der Waals surface area contributed by atoms with E-state index in [2.05, 4.69) is 0 Å². The summed E-state index contributed by atoms with van der Waals surface area (Å²) in [6.45, 7) is 0. The lowest BCUT2D eigenvalue weighted by atomic mass is 10.3. The van der Waals surface area contributed by atoms with Crippen molar-refractivity contribution in [2.24, 2.45) is 0 Å². The summed E-state index contributed by atoms with van der Waals surface area (Å²) in [4.78, 5) is 21.2. The van der Waals surface area contributed by atoms with Gasteiger partial charge in [-0.05, 0) is 12.1 Å². The van der Waals surface area contributed by atoms with Gasteiger partial charge in [-0.3, -0.25) is 19.1 Å². The van der Waals surface area contributed by atoms with E-state index in [0.29, 0.717) is 4.90 Å². The van der Waals surface area contributed by atoms with E-state index >= 15 is 0 Å². The Hall–Kier alpha value is -1.41. The van der Waals surface area contributed by atoms with Crippen LogP contribution in [-0.2, 0) is 15.6 Å². The van der Waals surface area contributed by atoms with Crippen molar-refractivity contribution in [2.75, 3.05) is 12.0 Å². The number of thioether (sulfide) groups is 1. The lowest BCUT2D eigenvalue weighted by Gasteiger charge is -2.02. The number of rotatable bonds is 5. The molecule has 0 heterocycles. The molecule has 0 unspecified atom stereocenters. The first-order valence-corrected chi connectivity index (χ1v) is 6.92. The Labute approximate surface area is 104 Å². The summed E-state index contributed by atoms with van der Waals surface area (Å²) in [5, 5.41) is 19.3. The second kappa shape index (κ2) is 5.78. The fourth-order valence-electron chi connectivity index (χ4n) is 1.08. The summed E-state index contributed by atoms with van der Waals surface area (Å²) in [6, 6.07) is 4.12.